The average Bonchev–Trinajstić information content (AvgIpc) is 3.58. The van der Waals surface area contributed by atoms with Crippen molar-refractivity contribution in [3.05, 3.63) is 131 Å². The van der Waals surface area contributed by atoms with Gasteiger partial charge in [0, 0.05) is 67.0 Å². The predicted molar refractivity (Wildman–Crippen MR) is 240 cm³/mol. The third-order valence-corrected chi connectivity index (χ3v) is 14.7. The Morgan fingerprint density at radius 3 is 1.52 bits per heavy atom. The molecule has 0 spiro atoms. The fraction of sp³-hybridized carbons (Fsp3) is 0.318. The number of halogens is 1. The summed E-state index contributed by atoms with van der Waals surface area (Å²) in [6.07, 6.45) is 1.37. The first-order chi connectivity index (χ1) is 29.4. The Bertz CT molecular complexity index is 2510. The van der Waals surface area contributed by atoms with Crippen LogP contribution in [0.4, 0.5) is 22.7 Å². The molecule has 4 aromatic rings. The first kappa shape index (κ1) is 43.7. The predicted octanol–water partition coefficient (Wildman–Crippen LogP) is 6.43. The molecule has 2 saturated heterocycles. The standard InChI is InChI=1S/C23H26ClN3O4S.C21H23N3O4S/c1-2-3-11-27-23(28)21(22(32(27,29)30)17-5-4-6-18(24)16-17)25-19-7-9-20(10-8-19)26-12-14-31-15-13-26;1-2-24-21(25)19(20(29(24,26)27)16-6-4-3-5-7-16)22-17-8-10-18(11-9-17)23-12-14-28-15-13-23/h4-10,16,25H,2-3,11-15H2,1H3;3-11,22H,2,12-15H2,1H3. The van der Waals surface area contributed by atoms with E-state index in [9.17, 15) is 26.4 Å². The highest BCUT2D eigenvalue weighted by Gasteiger charge is 2.45. The number of carbonyl (C=O) groups excluding carboxylic acids is 2. The molecule has 322 valence electrons. The van der Waals surface area contributed by atoms with Gasteiger partial charge in [0.05, 0.1) is 26.4 Å². The number of sulfonamides is 2. The molecule has 0 atom stereocenters. The number of likely N-dealkylation sites (N-methyl/N-ethyl adjacent to an activating group) is 1. The number of rotatable bonds is 12. The average molecular weight is 889 g/mol. The van der Waals surface area contributed by atoms with Gasteiger partial charge in [-0.25, -0.2) is 25.4 Å². The summed E-state index contributed by atoms with van der Waals surface area (Å²) in [5.41, 5.74) is 4.42. The SMILES string of the molecule is CCCCN1C(=O)C(Nc2ccc(N3CCOCC3)cc2)=C(c2cccc(Cl)c2)S1(=O)=O.CCN1C(=O)C(Nc2ccc(N3CCOCC3)cc2)=C(c2ccccc2)S1(=O)=O. The van der Waals surface area contributed by atoms with E-state index in [1.807, 2.05) is 61.5 Å². The van der Waals surface area contributed by atoms with Crippen molar-refractivity contribution >= 4 is 76.0 Å². The second kappa shape index (κ2) is 19.1. The number of anilines is 4. The summed E-state index contributed by atoms with van der Waals surface area (Å²) in [4.78, 5) is 30.5. The van der Waals surface area contributed by atoms with Crippen LogP contribution >= 0.6 is 11.6 Å². The van der Waals surface area contributed by atoms with Crippen molar-refractivity contribution in [3.63, 3.8) is 0 Å². The van der Waals surface area contributed by atoms with Crippen molar-refractivity contribution in [1.29, 1.82) is 0 Å². The van der Waals surface area contributed by atoms with Crippen molar-refractivity contribution in [1.82, 2.24) is 8.61 Å². The Kier molecular flexibility index (Phi) is 13.7. The summed E-state index contributed by atoms with van der Waals surface area (Å²) in [5.74, 6) is -1.09. The Morgan fingerprint density at radius 1 is 0.590 bits per heavy atom. The number of nitrogens with one attached hydrogen (secondary N) is 2. The van der Waals surface area contributed by atoms with Crippen LogP contribution in [0.5, 0.6) is 0 Å². The molecule has 2 N–H and O–H groups in total. The number of amides is 2. The van der Waals surface area contributed by atoms with Gasteiger partial charge in [0.2, 0.25) is 0 Å². The largest absolute Gasteiger partial charge is 0.378 e. The first-order valence-corrected chi connectivity index (χ1v) is 23.5. The van der Waals surface area contributed by atoms with Crippen molar-refractivity contribution in [2.45, 2.75) is 26.7 Å². The fourth-order valence-corrected chi connectivity index (χ4v) is 11.1. The van der Waals surface area contributed by atoms with E-state index in [0.29, 0.717) is 60.4 Å². The zero-order chi connectivity index (χ0) is 43.1. The molecule has 4 aromatic carbocycles. The highest BCUT2D eigenvalue weighted by Crippen LogP contribution is 2.38. The lowest BCUT2D eigenvalue weighted by Gasteiger charge is -2.29. The van der Waals surface area contributed by atoms with E-state index in [1.54, 1.807) is 55.5 Å². The molecule has 0 aromatic heterocycles. The molecule has 0 radical (unpaired) electrons. The van der Waals surface area contributed by atoms with Crippen molar-refractivity contribution in [2.75, 3.05) is 86.1 Å². The topological polar surface area (TPSA) is 158 Å². The lowest BCUT2D eigenvalue weighted by molar-refractivity contribution is -0.122. The molecule has 2 fully saturated rings. The number of morpholine rings is 2. The number of ether oxygens (including phenoxy) is 2. The number of hydrogen-bond acceptors (Lipinski definition) is 12. The van der Waals surface area contributed by atoms with Crippen molar-refractivity contribution in [3.8, 4) is 0 Å². The normalized spacial score (nSPS) is 18.7. The molecule has 8 rings (SSSR count). The summed E-state index contributed by atoms with van der Waals surface area (Å²) < 4.78 is 65.3. The highest BCUT2D eigenvalue weighted by molar-refractivity contribution is 8.00. The van der Waals surface area contributed by atoms with E-state index < -0.39 is 31.9 Å². The zero-order valence-electron chi connectivity index (χ0n) is 34.0. The molecule has 4 aliphatic rings. The monoisotopic (exact) mass is 888 g/mol. The Labute approximate surface area is 362 Å². The maximum absolute atomic E-state index is 13.3. The first-order valence-electron chi connectivity index (χ1n) is 20.3. The number of hydrogen-bond donors (Lipinski definition) is 2. The van der Waals surface area contributed by atoms with Gasteiger partial charge in [0.25, 0.3) is 31.9 Å². The fourth-order valence-electron chi connectivity index (χ4n) is 7.45. The van der Waals surface area contributed by atoms with Gasteiger partial charge < -0.3 is 29.9 Å². The summed E-state index contributed by atoms with van der Waals surface area (Å²) >= 11 is 6.12. The van der Waals surface area contributed by atoms with Gasteiger partial charge in [0.15, 0.2) is 0 Å². The minimum atomic E-state index is -3.99. The molecule has 2 amide bonds. The summed E-state index contributed by atoms with van der Waals surface area (Å²) in [6.45, 7) is 9.91. The van der Waals surface area contributed by atoms with Crippen molar-refractivity contribution in [2.24, 2.45) is 0 Å². The lowest BCUT2D eigenvalue weighted by atomic mass is 10.1. The van der Waals surface area contributed by atoms with Crippen LogP contribution < -0.4 is 20.4 Å². The molecule has 61 heavy (non-hydrogen) atoms. The molecule has 4 aliphatic heterocycles. The van der Waals surface area contributed by atoms with E-state index >= 15 is 0 Å². The van der Waals surface area contributed by atoms with E-state index in [2.05, 4.69) is 20.4 Å². The molecule has 0 bridgehead atoms. The Hall–Kier alpha value is -5.39. The molecule has 0 saturated carbocycles. The Morgan fingerprint density at radius 2 is 1.05 bits per heavy atom. The maximum Gasteiger partial charge on any atom is 0.285 e. The number of benzene rings is 4. The summed E-state index contributed by atoms with van der Waals surface area (Å²) in [5, 5.41) is 6.53. The molecule has 0 aliphatic carbocycles. The molecule has 17 heteroatoms. The molecular formula is C44H49ClN6O8S2. The molecular weight excluding hydrogens is 840 g/mol. The minimum Gasteiger partial charge on any atom is -0.378 e. The van der Waals surface area contributed by atoms with Gasteiger partial charge in [-0.05, 0) is 85.1 Å². The van der Waals surface area contributed by atoms with Crippen LogP contribution in [-0.2, 0) is 39.1 Å². The number of unbranched alkanes of at least 4 members (excludes halogenated alkanes) is 1. The third kappa shape index (κ3) is 9.43. The van der Waals surface area contributed by atoms with E-state index in [4.69, 9.17) is 21.1 Å². The number of nitrogens with zero attached hydrogens (tertiary/aromatic N) is 4. The second-order valence-corrected chi connectivity index (χ2v) is 18.6. The van der Waals surface area contributed by atoms with E-state index in [1.165, 1.54) is 0 Å². The summed E-state index contributed by atoms with van der Waals surface area (Å²) in [6, 6.07) is 30.5. The van der Waals surface area contributed by atoms with Gasteiger partial charge in [0.1, 0.15) is 21.2 Å². The van der Waals surface area contributed by atoms with Gasteiger partial charge in [-0.15, -0.1) is 0 Å². The smallest absolute Gasteiger partial charge is 0.285 e. The van der Waals surface area contributed by atoms with Crippen LogP contribution in [-0.4, -0.2) is 103 Å². The molecule has 4 heterocycles. The van der Waals surface area contributed by atoms with E-state index in [0.717, 1.165) is 52.6 Å². The highest BCUT2D eigenvalue weighted by atomic mass is 35.5. The number of carbonyl (C=O) groups is 2. The van der Waals surface area contributed by atoms with Crippen LogP contribution in [0.25, 0.3) is 9.81 Å². The van der Waals surface area contributed by atoms with Crippen LogP contribution in [0.15, 0.2) is 115 Å². The van der Waals surface area contributed by atoms with E-state index in [-0.39, 0.29) is 34.3 Å². The van der Waals surface area contributed by atoms with Gasteiger partial charge in [-0.1, -0.05) is 67.4 Å². The third-order valence-electron chi connectivity index (χ3n) is 10.6. The second-order valence-electron chi connectivity index (χ2n) is 14.5. The molecule has 0 unspecified atom stereocenters. The maximum atomic E-state index is 13.3. The van der Waals surface area contributed by atoms with Crippen LogP contribution in [0, 0.1) is 0 Å². The lowest BCUT2D eigenvalue weighted by Crippen LogP contribution is -2.36. The van der Waals surface area contributed by atoms with Gasteiger partial charge in [-0.2, -0.15) is 0 Å². The van der Waals surface area contributed by atoms with Crippen LogP contribution in [0.1, 0.15) is 37.8 Å². The zero-order valence-corrected chi connectivity index (χ0v) is 36.4. The van der Waals surface area contributed by atoms with Crippen molar-refractivity contribution < 1.29 is 35.9 Å². The van der Waals surface area contributed by atoms with Crippen LogP contribution in [0.3, 0.4) is 0 Å². The van der Waals surface area contributed by atoms with Gasteiger partial charge in [-0.3, -0.25) is 9.59 Å². The minimum absolute atomic E-state index is 0.0159. The molecule has 14 nitrogen and oxygen atoms in total. The quantitative estimate of drug-likeness (QED) is 0.161. The van der Waals surface area contributed by atoms with Crippen LogP contribution in [0.2, 0.25) is 5.02 Å². The Balaban J connectivity index is 0.000000185. The van der Waals surface area contributed by atoms with Gasteiger partial charge >= 0.3 is 0 Å². The summed E-state index contributed by atoms with van der Waals surface area (Å²) in [7, 11) is -7.89.